The third-order valence-corrected chi connectivity index (χ3v) is 3.12. The predicted octanol–water partition coefficient (Wildman–Crippen LogP) is 0.775. The largest absolute Gasteiger partial charge is 0.357 e. The summed E-state index contributed by atoms with van der Waals surface area (Å²) in [5.41, 5.74) is 0. The number of aliphatic imine (C=N–C) groups is 1. The Bertz CT molecular complexity index is 326. The van der Waals surface area contributed by atoms with Crippen LogP contribution < -0.4 is 10.6 Å². The van der Waals surface area contributed by atoms with Crippen LogP contribution in [0.15, 0.2) is 4.99 Å². The Hall–Kier alpha value is -0.780. The number of nitrogens with zero attached hydrogens (tertiary/aromatic N) is 1. The van der Waals surface area contributed by atoms with E-state index >= 15 is 0 Å². The summed E-state index contributed by atoms with van der Waals surface area (Å²) in [6.45, 7) is 7.61. The molecule has 0 spiro atoms. The Morgan fingerprint density at radius 2 is 2.00 bits per heavy atom. The molecule has 0 heterocycles. The molecule has 0 aromatic carbocycles. The minimum Gasteiger partial charge on any atom is -0.357 e. The molecule has 0 fully saturated rings. The maximum absolute atomic E-state index is 11.0. The maximum atomic E-state index is 11.0. The number of rotatable bonds is 7. The molecule has 1 atom stereocenters. The summed E-state index contributed by atoms with van der Waals surface area (Å²) in [7, 11) is -2.88. The van der Waals surface area contributed by atoms with Gasteiger partial charge in [-0.15, -0.1) is 0 Å². The van der Waals surface area contributed by atoms with Gasteiger partial charge in [0.15, 0.2) is 5.96 Å². The van der Waals surface area contributed by atoms with Gasteiger partial charge in [0.25, 0.3) is 0 Å². The van der Waals surface area contributed by atoms with Gasteiger partial charge in [0, 0.05) is 25.4 Å². The zero-order chi connectivity index (χ0) is 13.3. The van der Waals surface area contributed by atoms with Gasteiger partial charge in [0.1, 0.15) is 9.84 Å². The molecule has 0 bridgehead atoms. The van der Waals surface area contributed by atoms with E-state index in [0.29, 0.717) is 6.42 Å². The van der Waals surface area contributed by atoms with Crippen molar-refractivity contribution in [1.82, 2.24) is 10.6 Å². The number of hydrogen-bond donors (Lipinski definition) is 2. The maximum Gasteiger partial charge on any atom is 0.191 e. The highest BCUT2D eigenvalue weighted by Crippen LogP contribution is 1.95. The summed E-state index contributed by atoms with van der Waals surface area (Å²) >= 11 is 0. The minimum absolute atomic E-state index is 0.0966. The average molecular weight is 263 g/mol. The molecule has 102 valence electrons. The van der Waals surface area contributed by atoms with Gasteiger partial charge in [-0.25, -0.2) is 8.42 Å². The topological polar surface area (TPSA) is 70.6 Å². The normalized spacial score (nSPS) is 14.5. The van der Waals surface area contributed by atoms with Gasteiger partial charge in [-0.3, -0.25) is 4.99 Å². The van der Waals surface area contributed by atoms with E-state index in [9.17, 15) is 8.42 Å². The molecular weight excluding hydrogens is 238 g/mol. The Morgan fingerprint density at radius 3 is 2.47 bits per heavy atom. The van der Waals surface area contributed by atoms with Crippen LogP contribution in [0.3, 0.4) is 0 Å². The molecule has 0 radical (unpaired) electrons. The van der Waals surface area contributed by atoms with Crippen molar-refractivity contribution in [2.45, 2.75) is 39.7 Å². The molecule has 0 aliphatic rings. The van der Waals surface area contributed by atoms with Crippen molar-refractivity contribution in [3.8, 4) is 0 Å². The van der Waals surface area contributed by atoms with Gasteiger partial charge < -0.3 is 10.6 Å². The molecule has 5 nitrogen and oxygen atoms in total. The first-order valence-corrected chi connectivity index (χ1v) is 8.17. The van der Waals surface area contributed by atoms with E-state index in [1.807, 2.05) is 13.8 Å². The van der Waals surface area contributed by atoms with Gasteiger partial charge in [0.2, 0.25) is 0 Å². The average Bonchev–Trinajstić information content (AvgIpc) is 2.22. The fourth-order valence-corrected chi connectivity index (χ4v) is 2.02. The highest BCUT2D eigenvalue weighted by atomic mass is 32.2. The smallest absolute Gasteiger partial charge is 0.191 e. The summed E-state index contributed by atoms with van der Waals surface area (Å²) in [4.78, 5) is 4.36. The lowest BCUT2D eigenvalue weighted by atomic mass is 10.3. The first-order chi connectivity index (χ1) is 7.89. The fraction of sp³-hybridized carbons (Fsp3) is 0.909. The first kappa shape index (κ1) is 16.2. The Kier molecular flexibility index (Phi) is 7.95. The van der Waals surface area contributed by atoms with Crippen LogP contribution in [-0.2, 0) is 9.84 Å². The predicted molar refractivity (Wildman–Crippen MR) is 73.2 cm³/mol. The molecular formula is C11H25N3O2S. The number of nitrogens with one attached hydrogen (secondary N) is 2. The summed E-state index contributed by atoms with van der Waals surface area (Å²) in [5.74, 6) is 0.962. The number of guanidine groups is 1. The Morgan fingerprint density at radius 1 is 1.35 bits per heavy atom. The molecule has 0 saturated heterocycles. The third-order valence-electron chi connectivity index (χ3n) is 2.14. The van der Waals surface area contributed by atoms with E-state index in [0.717, 1.165) is 25.5 Å². The van der Waals surface area contributed by atoms with Crippen LogP contribution in [0, 0.1) is 0 Å². The monoisotopic (exact) mass is 263 g/mol. The van der Waals surface area contributed by atoms with Crippen LogP contribution in [0.1, 0.15) is 33.6 Å². The van der Waals surface area contributed by atoms with Gasteiger partial charge in [-0.1, -0.05) is 6.92 Å². The molecule has 0 saturated carbocycles. The molecule has 0 aromatic heterocycles. The van der Waals surface area contributed by atoms with Crippen LogP contribution >= 0.6 is 0 Å². The van der Waals surface area contributed by atoms with Crippen LogP contribution in [-0.4, -0.2) is 45.5 Å². The van der Waals surface area contributed by atoms with Crippen molar-refractivity contribution in [3.05, 3.63) is 0 Å². The van der Waals surface area contributed by atoms with Gasteiger partial charge in [0.05, 0.1) is 5.75 Å². The van der Waals surface area contributed by atoms with Crippen molar-refractivity contribution in [3.63, 3.8) is 0 Å². The van der Waals surface area contributed by atoms with Gasteiger partial charge >= 0.3 is 0 Å². The molecule has 17 heavy (non-hydrogen) atoms. The molecule has 2 N–H and O–H groups in total. The van der Waals surface area contributed by atoms with Crippen LogP contribution in [0.2, 0.25) is 0 Å². The lowest BCUT2D eigenvalue weighted by Gasteiger charge is -2.17. The highest BCUT2D eigenvalue weighted by Gasteiger charge is 2.09. The number of hydrogen-bond acceptors (Lipinski definition) is 3. The zero-order valence-corrected chi connectivity index (χ0v) is 12.1. The van der Waals surface area contributed by atoms with Crippen LogP contribution in [0.4, 0.5) is 0 Å². The molecule has 0 rings (SSSR count). The van der Waals surface area contributed by atoms with Crippen LogP contribution in [0.25, 0.3) is 0 Å². The first-order valence-electron chi connectivity index (χ1n) is 6.11. The zero-order valence-electron chi connectivity index (χ0n) is 11.3. The van der Waals surface area contributed by atoms with Crippen molar-refractivity contribution >= 4 is 15.8 Å². The molecule has 0 aliphatic carbocycles. The van der Waals surface area contributed by atoms with Gasteiger partial charge in [-0.2, -0.15) is 0 Å². The standard InChI is InChI=1S/C11H25N3O2S/c1-5-8-13-11(12-6-2)14-10(3)7-9-17(4,15)16/h10H,5-9H2,1-4H3,(H2,12,13,14). The lowest BCUT2D eigenvalue weighted by molar-refractivity contribution is 0.581. The Balaban J connectivity index is 4.16. The third kappa shape index (κ3) is 10.1. The van der Waals surface area contributed by atoms with E-state index in [1.54, 1.807) is 0 Å². The summed E-state index contributed by atoms with van der Waals surface area (Å²) in [6.07, 6.45) is 2.85. The number of sulfone groups is 1. The SMILES string of the molecule is CCCN=C(NCC)NC(C)CCS(C)(=O)=O. The molecule has 1 unspecified atom stereocenters. The molecule has 6 heteroatoms. The Labute approximate surface area is 105 Å². The van der Waals surface area contributed by atoms with Crippen molar-refractivity contribution in [2.75, 3.05) is 25.1 Å². The second-order valence-corrected chi connectivity index (χ2v) is 6.48. The molecule has 0 amide bonds. The van der Waals surface area contributed by atoms with Crippen molar-refractivity contribution in [2.24, 2.45) is 4.99 Å². The molecule has 0 aliphatic heterocycles. The second kappa shape index (κ2) is 8.33. The lowest BCUT2D eigenvalue weighted by Crippen LogP contribution is -2.42. The van der Waals surface area contributed by atoms with Crippen LogP contribution in [0.5, 0.6) is 0 Å². The highest BCUT2D eigenvalue weighted by molar-refractivity contribution is 7.90. The van der Waals surface area contributed by atoms with Crippen molar-refractivity contribution < 1.29 is 8.42 Å². The fourth-order valence-electron chi connectivity index (χ4n) is 1.24. The van der Waals surface area contributed by atoms with E-state index in [-0.39, 0.29) is 11.8 Å². The quantitative estimate of drug-likeness (QED) is 0.526. The summed E-state index contributed by atoms with van der Waals surface area (Å²) in [5, 5.41) is 6.33. The van der Waals surface area contributed by atoms with E-state index in [4.69, 9.17) is 0 Å². The summed E-state index contributed by atoms with van der Waals surface area (Å²) in [6, 6.07) is 0.0966. The summed E-state index contributed by atoms with van der Waals surface area (Å²) < 4.78 is 22.1. The van der Waals surface area contributed by atoms with Crippen molar-refractivity contribution in [1.29, 1.82) is 0 Å². The van der Waals surface area contributed by atoms with Gasteiger partial charge in [-0.05, 0) is 26.7 Å². The van der Waals surface area contributed by atoms with E-state index in [2.05, 4.69) is 22.5 Å². The van der Waals surface area contributed by atoms with E-state index in [1.165, 1.54) is 6.26 Å². The molecule has 0 aromatic rings. The van der Waals surface area contributed by atoms with E-state index < -0.39 is 9.84 Å². The second-order valence-electron chi connectivity index (χ2n) is 4.22. The minimum atomic E-state index is -2.88.